The second kappa shape index (κ2) is 9.24. The Morgan fingerprint density at radius 3 is 3.07 bits per heavy atom. The Labute approximate surface area is 167 Å². The highest BCUT2D eigenvalue weighted by atomic mass is 32.1. The van der Waals surface area contributed by atoms with Gasteiger partial charge in [0.2, 0.25) is 5.91 Å². The fourth-order valence-electron chi connectivity index (χ4n) is 3.09. The Kier molecular flexibility index (Phi) is 6.50. The quantitative estimate of drug-likeness (QED) is 0.721. The molecule has 1 atom stereocenters. The largest absolute Gasteiger partial charge is 0.465 e. The lowest BCUT2D eigenvalue weighted by Gasteiger charge is -2.21. The van der Waals surface area contributed by atoms with Crippen LogP contribution in [0.25, 0.3) is 6.08 Å². The number of anilines is 1. The molecule has 1 unspecified atom stereocenters. The van der Waals surface area contributed by atoms with Crippen molar-refractivity contribution < 1.29 is 18.7 Å². The number of nitrogens with zero attached hydrogens (tertiary/aromatic N) is 1. The molecular formula is C20H21N3O4S. The molecule has 2 aromatic heterocycles. The molecule has 0 bridgehead atoms. The molecule has 0 spiro atoms. The number of rotatable bonds is 6. The van der Waals surface area contributed by atoms with Gasteiger partial charge in [0.25, 0.3) is 0 Å². The van der Waals surface area contributed by atoms with Crippen LogP contribution in [0, 0.1) is 17.2 Å². The second-order valence-electron chi connectivity index (χ2n) is 6.40. The lowest BCUT2D eigenvalue weighted by atomic mass is 9.88. The van der Waals surface area contributed by atoms with Gasteiger partial charge in [-0.1, -0.05) is 0 Å². The van der Waals surface area contributed by atoms with Gasteiger partial charge in [-0.05, 0) is 55.9 Å². The third-order valence-corrected chi connectivity index (χ3v) is 5.60. The fourth-order valence-corrected chi connectivity index (χ4v) is 4.40. The van der Waals surface area contributed by atoms with Crippen LogP contribution in [-0.2, 0) is 22.4 Å². The van der Waals surface area contributed by atoms with Gasteiger partial charge in [0.15, 0.2) is 0 Å². The summed E-state index contributed by atoms with van der Waals surface area (Å²) in [6.07, 6.45) is 6.37. The zero-order valence-electron chi connectivity index (χ0n) is 15.5. The molecule has 2 N–H and O–H groups in total. The normalized spacial score (nSPS) is 15.6. The Morgan fingerprint density at radius 1 is 1.50 bits per heavy atom. The van der Waals surface area contributed by atoms with Gasteiger partial charge in [-0.15, -0.1) is 11.3 Å². The summed E-state index contributed by atoms with van der Waals surface area (Å²) in [6.45, 7) is 2.71. The lowest BCUT2D eigenvalue weighted by molar-refractivity contribution is -0.111. The maximum absolute atomic E-state index is 12.2. The summed E-state index contributed by atoms with van der Waals surface area (Å²) in [6, 6.07) is 5.71. The Balaban J connectivity index is 1.64. The van der Waals surface area contributed by atoms with Crippen LogP contribution >= 0.6 is 11.3 Å². The highest BCUT2D eigenvalue weighted by Gasteiger charge is 2.27. The van der Waals surface area contributed by atoms with Crippen LogP contribution in [0.15, 0.2) is 28.9 Å². The molecule has 3 rings (SSSR count). The number of nitriles is 1. The van der Waals surface area contributed by atoms with Crippen LogP contribution in [0.5, 0.6) is 0 Å². The number of carbonyl (C=O) groups is 2. The maximum Gasteiger partial charge on any atom is 0.407 e. The van der Waals surface area contributed by atoms with Gasteiger partial charge >= 0.3 is 6.09 Å². The number of furan rings is 1. The molecule has 28 heavy (non-hydrogen) atoms. The van der Waals surface area contributed by atoms with E-state index in [2.05, 4.69) is 16.7 Å². The molecule has 0 aromatic carbocycles. The number of carbonyl (C=O) groups excluding carboxylic acids is 2. The van der Waals surface area contributed by atoms with Gasteiger partial charge in [0.05, 0.1) is 18.4 Å². The SMILES string of the molecule is CCNC(=O)OCC1CCc2c(sc(NC(=O)/C=C/c3ccco3)c2C#N)C1. The average molecular weight is 399 g/mol. The maximum atomic E-state index is 12.2. The Bertz CT molecular complexity index is 909. The van der Waals surface area contributed by atoms with Crippen molar-refractivity contribution in [2.24, 2.45) is 5.92 Å². The van der Waals surface area contributed by atoms with Gasteiger partial charge < -0.3 is 19.8 Å². The molecule has 2 heterocycles. The van der Waals surface area contributed by atoms with E-state index in [1.807, 2.05) is 6.92 Å². The van der Waals surface area contributed by atoms with Gasteiger partial charge in [-0.25, -0.2) is 4.79 Å². The van der Waals surface area contributed by atoms with E-state index in [1.54, 1.807) is 18.2 Å². The monoisotopic (exact) mass is 399 g/mol. The van der Waals surface area contributed by atoms with Crippen LogP contribution in [0.3, 0.4) is 0 Å². The van der Waals surface area contributed by atoms with E-state index < -0.39 is 6.09 Å². The third-order valence-electron chi connectivity index (χ3n) is 4.43. The minimum absolute atomic E-state index is 0.211. The summed E-state index contributed by atoms with van der Waals surface area (Å²) in [5.41, 5.74) is 1.52. The van der Waals surface area contributed by atoms with Crippen LogP contribution in [0.2, 0.25) is 0 Å². The summed E-state index contributed by atoms with van der Waals surface area (Å²) in [5.74, 6) is 0.474. The molecule has 0 fully saturated rings. The Hall–Kier alpha value is -3.05. The molecule has 0 saturated heterocycles. The first kappa shape index (κ1) is 19.7. The third kappa shape index (κ3) is 4.81. The standard InChI is InChI=1S/C20H21N3O4S/c1-2-22-20(25)27-12-13-5-7-15-16(11-21)19(28-17(15)10-13)23-18(24)8-6-14-4-3-9-26-14/h3-4,6,8-9,13H,2,5,7,10,12H2,1H3,(H,22,25)(H,23,24)/b8-6+. The second-order valence-corrected chi connectivity index (χ2v) is 7.50. The van der Waals surface area contributed by atoms with E-state index in [1.165, 1.54) is 23.7 Å². The summed E-state index contributed by atoms with van der Waals surface area (Å²) in [4.78, 5) is 24.7. The van der Waals surface area contributed by atoms with E-state index in [0.29, 0.717) is 29.5 Å². The van der Waals surface area contributed by atoms with Crippen molar-refractivity contribution in [3.05, 3.63) is 46.2 Å². The first-order valence-corrected chi connectivity index (χ1v) is 9.90. The van der Waals surface area contributed by atoms with E-state index in [4.69, 9.17) is 9.15 Å². The lowest BCUT2D eigenvalue weighted by Crippen LogP contribution is -2.27. The fraction of sp³-hybridized carbons (Fsp3) is 0.350. The first-order valence-electron chi connectivity index (χ1n) is 9.08. The summed E-state index contributed by atoms with van der Waals surface area (Å²) >= 11 is 1.42. The Morgan fingerprint density at radius 2 is 2.36 bits per heavy atom. The number of alkyl carbamates (subject to hydrolysis) is 1. The first-order chi connectivity index (χ1) is 13.6. The summed E-state index contributed by atoms with van der Waals surface area (Å²) in [5, 5.41) is 15.5. The van der Waals surface area contributed by atoms with Crippen molar-refractivity contribution in [1.29, 1.82) is 5.26 Å². The molecule has 7 nitrogen and oxygen atoms in total. The van der Waals surface area contributed by atoms with Crippen molar-refractivity contribution in [2.45, 2.75) is 26.2 Å². The number of nitrogens with one attached hydrogen (secondary N) is 2. The van der Waals surface area contributed by atoms with E-state index in [-0.39, 0.29) is 11.8 Å². The van der Waals surface area contributed by atoms with Crippen molar-refractivity contribution in [3.8, 4) is 6.07 Å². The minimum atomic E-state index is -0.409. The average Bonchev–Trinajstić information content (AvgIpc) is 3.31. The van der Waals surface area contributed by atoms with Crippen LogP contribution in [0.1, 0.15) is 35.1 Å². The zero-order valence-corrected chi connectivity index (χ0v) is 16.3. The van der Waals surface area contributed by atoms with Crippen molar-refractivity contribution in [1.82, 2.24) is 5.32 Å². The van der Waals surface area contributed by atoms with Crippen molar-refractivity contribution >= 4 is 34.4 Å². The van der Waals surface area contributed by atoms with E-state index >= 15 is 0 Å². The number of ether oxygens (including phenoxy) is 1. The highest BCUT2D eigenvalue weighted by Crippen LogP contribution is 2.39. The van der Waals surface area contributed by atoms with Gasteiger partial charge in [0.1, 0.15) is 16.8 Å². The molecule has 0 aliphatic heterocycles. The molecule has 146 valence electrons. The van der Waals surface area contributed by atoms with Crippen LogP contribution in [-0.4, -0.2) is 25.2 Å². The number of fused-ring (bicyclic) bond motifs is 1. The van der Waals surface area contributed by atoms with Gasteiger partial charge in [-0.2, -0.15) is 5.26 Å². The molecule has 2 aromatic rings. The van der Waals surface area contributed by atoms with Crippen LogP contribution in [0.4, 0.5) is 9.80 Å². The van der Waals surface area contributed by atoms with Gasteiger partial charge in [-0.3, -0.25) is 4.79 Å². The predicted molar refractivity (Wildman–Crippen MR) is 106 cm³/mol. The summed E-state index contributed by atoms with van der Waals surface area (Å²) in [7, 11) is 0. The number of thiophene rings is 1. The molecule has 0 radical (unpaired) electrons. The molecule has 2 amide bonds. The van der Waals surface area contributed by atoms with E-state index in [9.17, 15) is 14.9 Å². The highest BCUT2D eigenvalue weighted by molar-refractivity contribution is 7.16. The molecule has 0 saturated carbocycles. The van der Waals surface area contributed by atoms with E-state index in [0.717, 1.165) is 29.7 Å². The van der Waals surface area contributed by atoms with Crippen molar-refractivity contribution in [3.63, 3.8) is 0 Å². The molecule has 1 aliphatic rings. The van der Waals surface area contributed by atoms with Crippen LogP contribution < -0.4 is 10.6 Å². The number of hydrogen-bond acceptors (Lipinski definition) is 6. The number of amides is 2. The minimum Gasteiger partial charge on any atom is -0.465 e. The van der Waals surface area contributed by atoms with Gasteiger partial charge in [0, 0.05) is 17.5 Å². The molecular weight excluding hydrogens is 378 g/mol. The molecule has 8 heteroatoms. The molecule has 1 aliphatic carbocycles. The zero-order chi connectivity index (χ0) is 19.9. The van der Waals surface area contributed by atoms with Crippen molar-refractivity contribution in [2.75, 3.05) is 18.5 Å². The number of hydrogen-bond donors (Lipinski definition) is 2. The smallest absolute Gasteiger partial charge is 0.407 e. The predicted octanol–water partition coefficient (Wildman–Crippen LogP) is 3.72. The summed E-state index contributed by atoms with van der Waals surface area (Å²) < 4.78 is 10.4. The topological polar surface area (TPSA) is 104 Å².